The van der Waals surface area contributed by atoms with Gasteiger partial charge in [0.1, 0.15) is 0 Å². The predicted octanol–water partition coefficient (Wildman–Crippen LogP) is 3.52. The highest BCUT2D eigenvalue weighted by Gasteiger charge is 2.31. The molecule has 1 aromatic rings. The third-order valence-electron chi connectivity index (χ3n) is 5.70. The van der Waals surface area contributed by atoms with E-state index in [2.05, 4.69) is 15.1 Å². The number of nitrogens with zero attached hydrogens (tertiary/aromatic N) is 4. The molecule has 10 heteroatoms. The molecule has 0 aliphatic carbocycles. The Kier molecular flexibility index (Phi) is 11.3. The average Bonchev–Trinajstić information content (AvgIpc) is 2.78. The van der Waals surface area contributed by atoms with Crippen molar-refractivity contribution in [2.24, 2.45) is 4.99 Å². The Labute approximate surface area is 206 Å². The first kappa shape index (κ1) is 27.0. The van der Waals surface area contributed by atoms with Crippen LogP contribution in [0, 0.1) is 0 Å². The van der Waals surface area contributed by atoms with Gasteiger partial charge in [-0.1, -0.05) is 6.07 Å². The molecule has 1 aromatic carbocycles. The molecule has 2 saturated heterocycles. The largest absolute Gasteiger partial charge is 0.416 e. The SMILES string of the molecule is CCNC(=NCCCCN1CCOCC1)N1CCN(c2cccc(C(F)(F)F)c2)CC1.I. The summed E-state index contributed by atoms with van der Waals surface area (Å²) < 4.78 is 44.4. The third-order valence-corrected chi connectivity index (χ3v) is 5.70. The summed E-state index contributed by atoms with van der Waals surface area (Å²) in [4.78, 5) is 11.4. The van der Waals surface area contributed by atoms with Gasteiger partial charge < -0.3 is 19.9 Å². The van der Waals surface area contributed by atoms with Gasteiger partial charge in [0.15, 0.2) is 5.96 Å². The molecule has 0 saturated carbocycles. The van der Waals surface area contributed by atoms with E-state index in [0.717, 1.165) is 83.9 Å². The maximum absolute atomic E-state index is 13.0. The molecule has 0 bridgehead atoms. The number of benzene rings is 1. The second kappa shape index (κ2) is 13.4. The lowest BCUT2D eigenvalue weighted by Crippen LogP contribution is -2.52. The van der Waals surface area contributed by atoms with Crippen molar-refractivity contribution < 1.29 is 17.9 Å². The number of hydrogen-bond acceptors (Lipinski definition) is 4. The lowest BCUT2D eigenvalue weighted by molar-refractivity contribution is -0.137. The van der Waals surface area contributed by atoms with Crippen LogP contribution in [0.3, 0.4) is 0 Å². The van der Waals surface area contributed by atoms with E-state index in [1.807, 2.05) is 11.8 Å². The molecule has 32 heavy (non-hydrogen) atoms. The second-order valence-corrected chi connectivity index (χ2v) is 7.92. The van der Waals surface area contributed by atoms with Crippen molar-refractivity contribution in [2.75, 3.05) is 77.0 Å². The minimum absolute atomic E-state index is 0. The smallest absolute Gasteiger partial charge is 0.379 e. The number of hydrogen-bond donors (Lipinski definition) is 1. The number of ether oxygens (including phenoxy) is 1. The number of halogens is 4. The third kappa shape index (κ3) is 8.26. The molecule has 2 aliphatic rings. The van der Waals surface area contributed by atoms with Crippen LogP contribution in [-0.2, 0) is 10.9 Å². The molecule has 0 spiro atoms. The molecular formula is C22H35F3IN5O. The molecule has 0 aromatic heterocycles. The van der Waals surface area contributed by atoms with Gasteiger partial charge in [-0.05, 0) is 44.5 Å². The first-order valence-electron chi connectivity index (χ1n) is 11.2. The van der Waals surface area contributed by atoms with Crippen LogP contribution in [0.2, 0.25) is 0 Å². The van der Waals surface area contributed by atoms with Crippen molar-refractivity contribution in [2.45, 2.75) is 25.9 Å². The zero-order valence-electron chi connectivity index (χ0n) is 18.7. The van der Waals surface area contributed by atoms with Gasteiger partial charge in [-0.2, -0.15) is 13.2 Å². The van der Waals surface area contributed by atoms with E-state index in [-0.39, 0.29) is 24.0 Å². The molecule has 182 valence electrons. The predicted molar refractivity (Wildman–Crippen MR) is 133 cm³/mol. The summed E-state index contributed by atoms with van der Waals surface area (Å²) in [5.41, 5.74) is 0.0268. The van der Waals surface area contributed by atoms with Gasteiger partial charge in [-0.3, -0.25) is 9.89 Å². The van der Waals surface area contributed by atoms with Gasteiger partial charge in [0.2, 0.25) is 0 Å². The van der Waals surface area contributed by atoms with Crippen LogP contribution < -0.4 is 10.2 Å². The Morgan fingerprint density at radius 3 is 2.44 bits per heavy atom. The molecule has 0 atom stereocenters. The molecule has 6 nitrogen and oxygen atoms in total. The van der Waals surface area contributed by atoms with E-state index < -0.39 is 11.7 Å². The highest BCUT2D eigenvalue weighted by molar-refractivity contribution is 14.0. The summed E-state index contributed by atoms with van der Waals surface area (Å²) in [6, 6.07) is 5.59. The molecule has 3 rings (SSSR count). The molecule has 2 fully saturated rings. The summed E-state index contributed by atoms with van der Waals surface area (Å²) in [6.45, 7) is 11.2. The maximum atomic E-state index is 13.0. The zero-order chi connectivity index (χ0) is 22.1. The number of aliphatic imine (C=N–C) groups is 1. The second-order valence-electron chi connectivity index (χ2n) is 7.92. The summed E-state index contributed by atoms with van der Waals surface area (Å²) >= 11 is 0. The van der Waals surface area contributed by atoms with Crippen LogP contribution >= 0.6 is 24.0 Å². The Morgan fingerprint density at radius 2 is 1.78 bits per heavy atom. The number of piperazine rings is 1. The van der Waals surface area contributed by atoms with Gasteiger partial charge in [0.25, 0.3) is 0 Å². The van der Waals surface area contributed by atoms with E-state index in [4.69, 9.17) is 9.73 Å². The minimum Gasteiger partial charge on any atom is -0.379 e. The van der Waals surface area contributed by atoms with Crippen LogP contribution in [-0.4, -0.2) is 87.9 Å². The van der Waals surface area contributed by atoms with Crippen molar-refractivity contribution >= 4 is 35.6 Å². The van der Waals surface area contributed by atoms with E-state index >= 15 is 0 Å². The van der Waals surface area contributed by atoms with Crippen LogP contribution in [0.5, 0.6) is 0 Å². The molecular weight excluding hydrogens is 534 g/mol. The number of anilines is 1. The summed E-state index contributed by atoms with van der Waals surface area (Å²) in [5.74, 6) is 0.901. The topological polar surface area (TPSA) is 43.3 Å². The minimum atomic E-state index is -4.31. The number of unbranched alkanes of at least 4 members (excludes halogenated alkanes) is 1. The fourth-order valence-electron chi connectivity index (χ4n) is 3.94. The number of guanidine groups is 1. The monoisotopic (exact) mass is 569 g/mol. The van der Waals surface area contributed by atoms with E-state index in [1.54, 1.807) is 6.07 Å². The van der Waals surface area contributed by atoms with Crippen LogP contribution in [0.15, 0.2) is 29.3 Å². The number of alkyl halides is 3. The van der Waals surface area contributed by atoms with Gasteiger partial charge in [0.05, 0.1) is 18.8 Å². The normalized spacial score (nSPS) is 18.4. The fourth-order valence-corrected chi connectivity index (χ4v) is 3.94. The first-order valence-corrected chi connectivity index (χ1v) is 11.2. The molecule has 2 aliphatic heterocycles. The van der Waals surface area contributed by atoms with Crippen LogP contribution in [0.25, 0.3) is 0 Å². The Morgan fingerprint density at radius 1 is 1.06 bits per heavy atom. The molecule has 2 heterocycles. The number of rotatable bonds is 7. The van der Waals surface area contributed by atoms with Crippen LogP contribution in [0.4, 0.5) is 18.9 Å². The number of nitrogens with one attached hydrogen (secondary N) is 1. The first-order chi connectivity index (χ1) is 15.0. The quantitative estimate of drug-likeness (QED) is 0.236. The van der Waals surface area contributed by atoms with Crippen molar-refractivity contribution in [1.29, 1.82) is 0 Å². The van der Waals surface area contributed by atoms with E-state index in [9.17, 15) is 13.2 Å². The van der Waals surface area contributed by atoms with Crippen LogP contribution in [0.1, 0.15) is 25.3 Å². The van der Waals surface area contributed by atoms with Gasteiger partial charge in [0, 0.05) is 58.0 Å². The Bertz CT molecular complexity index is 705. The van der Waals surface area contributed by atoms with Crippen molar-refractivity contribution in [1.82, 2.24) is 15.1 Å². The molecule has 1 N–H and O–H groups in total. The van der Waals surface area contributed by atoms with Crippen molar-refractivity contribution in [3.63, 3.8) is 0 Å². The zero-order valence-corrected chi connectivity index (χ0v) is 21.1. The lowest BCUT2D eigenvalue weighted by atomic mass is 10.1. The Hall–Kier alpha value is -1.27. The fraction of sp³-hybridized carbons (Fsp3) is 0.682. The Balaban J connectivity index is 0.00000363. The summed E-state index contributed by atoms with van der Waals surface area (Å²) in [6.07, 6.45) is -2.16. The van der Waals surface area contributed by atoms with Gasteiger partial charge in [-0.25, -0.2) is 0 Å². The average molecular weight is 569 g/mol. The van der Waals surface area contributed by atoms with Gasteiger partial charge in [-0.15, -0.1) is 24.0 Å². The highest BCUT2D eigenvalue weighted by Crippen LogP contribution is 2.31. The molecule has 0 unspecified atom stereocenters. The standard InChI is InChI=1S/C22H34F3N5O.HI/c1-2-26-21(27-8-3-4-9-28-14-16-31-17-15-28)30-12-10-29(11-13-30)20-7-5-6-19(18-20)22(23,24)25;/h5-7,18H,2-4,8-17H2,1H3,(H,26,27);1H. The van der Waals surface area contributed by atoms with Crippen molar-refractivity contribution in [3.8, 4) is 0 Å². The van der Waals surface area contributed by atoms with Crippen molar-refractivity contribution in [3.05, 3.63) is 29.8 Å². The molecule has 0 radical (unpaired) electrons. The van der Waals surface area contributed by atoms with Gasteiger partial charge >= 0.3 is 6.18 Å². The maximum Gasteiger partial charge on any atom is 0.416 e. The number of morpholine rings is 1. The highest BCUT2D eigenvalue weighted by atomic mass is 127. The summed E-state index contributed by atoms with van der Waals surface area (Å²) in [7, 11) is 0. The summed E-state index contributed by atoms with van der Waals surface area (Å²) in [5, 5.41) is 3.36. The van der Waals surface area contributed by atoms with E-state index in [0.29, 0.717) is 18.8 Å². The lowest BCUT2D eigenvalue weighted by Gasteiger charge is -2.38. The van der Waals surface area contributed by atoms with E-state index in [1.165, 1.54) is 12.1 Å². The molecule has 0 amide bonds.